The molecular formula is C18H23BrN2. The average molecular weight is 347 g/mol. The molecule has 2 aromatic rings. The SMILES string of the molecule is CC(C)Cc1cccc(C(Cc2ccc(Br)cc2)NN)c1. The van der Waals surface area contributed by atoms with Gasteiger partial charge in [0.2, 0.25) is 0 Å². The molecule has 3 heteroatoms. The van der Waals surface area contributed by atoms with Crippen LogP contribution in [0, 0.1) is 5.92 Å². The summed E-state index contributed by atoms with van der Waals surface area (Å²) >= 11 is 3.47. The molecule has 21 heavy (non-hydrogen) atoms. The van der Waals surface area contributed by atoms with Crippen molar-refractivity contribution >= 4 is 15.9 Å². The van der Waals surface area contributed by atoms with Crippen LogP contribution in [0.15, 0.2) is 53.0 Å². The van der Waals surface area contributed by atoms with Crippen LogP contribution in [0.1, 0.15) is 36.6 Å². The van der Waals surface area contributed by atoms with Crippen LogP contribution in [-0.4, -0.2) is 0 Å². The number of hydrogen-bond donors (Lipinski definition) is 2. The van der Waals surface area contributed by atoms with Gasteiger partial charge in [0.05, 0.1) is 0 Å². The number of hydrazine groups is 1. The van der Waals surface area contributed by atoms with E-state index in [1.165, 1.54) is 16.7 Å². The monoisotopic (exact) mass is 346 g/mol. The summed E-state index contributed by atoms with van der Waals surface area (Å²) in [7, 11) is 0. The number of hydrogen-bond acceptors (Lipinski definition) is 2. The number of nitrogens with two attached hydrogens (primary N) is 1. The van der Waals surface area contributed by atoms with Crippen molar-refractivity contribution in [1.29, 1.82) is 0 Å². The Balaban J connectivity index is 2.15. The van der Waals surface area contributed by atoms with Gasteiger partial charge in [-0.2, -0.15) is 0 Å². The fourth-order valence-electron chi connectivity index (χ4n) is 2.54. The third-order valence-corrected chi connectivity index (χ3v) is 4.08. The van der Waals surface area contributed by atoms with Gasteiger partial charge in [-0.05, 0) is 47.6 Å². The van der Waals surface area contributed by atoms with Gasteiger partial charge in [-0.25, -0.2) is 0 Å². The Kier molecular flexibility index (Phi) is 5.97. The highest BCUT2D eigenvalue weighted by atomic mass is 79.9. The standard InChI is InChI=1S/C18H23BrN2/c1-13(2)10-15-4-3-5-16(11-15)18(21-20)12-14-6-8-17(19)9-7-14/h3-9,11,13,18,21H,10,12,20H2,1-2H3. The van der Waals surface area contributed by atoms with E-state index >= 15 is 0 Å². The second kappa shape index (κ2) is 7.74. The van der Waals surface area contributed by atoms with Crippen molar-refractivity contribution < 1.29 is 0 Å². The zero-order chi connectivity index (χ0) is 15.2. The van der Waals surface area contributed by atoms with Crippen molar-refractivity contribution in [3.8, 4) is 0 Å². The molecule has 0 saturated heterocycles. The third-order valence-electron chi connectivity index (χ3n) is 3.55. The van der Waals surface area contributed by atoms with Gasteiger partial charge in [0.1, 0.15) is 0 Å². The molecule has 2 nitrogen and oxygen atoms in total. The minimum atomic E-state index is 0.137. The fraction of sp³-hybridized carbons (Fsp3) is 0.333. The van der Waals surface area contributed by atoms with Crippen LogP contribution in [0.25, 0.3) is 0 Å². The zero-order valence-electron chi connectivity index (χ0n) is 12.6. The minimum Gasteiger partial charge on any atom is -0.271 e. The van der Waals surface area contributed by atoms with Crippen LogP contribution in [0.5, 0.6) is 0 Å². The van der Waals surface area contributed by atoms with Crippen molar-refractivity contribution in [2.24, 2.45) is 11.8 Å². The molecule has 0 bridgehead atoms. The molecule has 0 aliphatic carbocycles. The molecule has 0 saturated carbocycles. The normalized spacial score (nSPS) is 12.6. The van der Waals surface area contributed by atoms with Gasteiger partial charge in [-0.3, -0.25) is 11.3 Å². The van der Waals surface area contributed by atoms with Gasteiger partial charge in [0.25, 0.3) is 0 Å². The van der Waals surface area contributed by atoms with E-state index < -0.39 is 0 Å². The first-order chi connectivity index (χ1) is 10.1. The summed E-state index contributed by atoms with van der Waals surface area (Å²) in [5, 5.41) is 0. The predicted octanol–water partition coefficient (Wildman–Crippen LogP) is 4.39. The molecule has 1 unspecified atom stereocenters. The van der Waals surface area contributed by atoms with Crippen LogP contribution in [0.4, 0.5) is 0 Å². The zero-order valence-corrected chi connectivity index (χ0v) is 14.2. The molecule has 112 valence electrons. The highest BCUT2D eigenvalue weighted by Gasteiger charge is 2.11. The van der Waals surface area contributed by atoms with Crippen LogP contribution >= 0.6 is 15.9 Å². The van der Waals surface area contributed by atoms with E-state index in [-0.39, 0.29) is 6.04 Å². The van der Waals surface area contributed by atoms with Gasteiger partial charge in [-0.15, -0.1) is 0 Å². The molecule has 0 spiro atoms. The Morgan fingerprint density at radius 2 is 1.71 bits per heavy atom. The first-order valence-corrected chi connectivity index (χ1v) is 8.17. The molecule has 2 rings (SSSR count). The minimum absolute atomic E-state index is 0.137. The Labute approximate surface area is 135 Å². The molecule has 0 heterocycles. The summed E-state index contributed by atoms with van der Waals surface area (Å²) in [5.74, 6) is 6.44. The lowest BCUT2D eigenvalue weighted by Crippen LogP contribution is -2.29. The summed E-state index contributed by atoms with van der Waals surface area (Å²) in [5.41, 5.74) is 6.85. The lowest BCUT2D eigenvalue weighted by atomic mass is 9.95. The van der Waals surface area contributed by atoms with Crippen LogP contribution in [-0.2, 0) is 12.8 Å². The van der Waals surface area contributed by atoms with Gasteiger partial charge in [-0.1, -0.05) is 66.2 Å². The molecule has 0 amide bonds. The summed E-state index contributed by atoms with van der Waals surface area (Å²) in [6.45, 7) is 4.49. The number of halogens is 1. The fourth-order valence-corrected chi connectivity index (χ4v) is 2.80. The first-order valence-electron chi connectivity index (χ1n) is 7.38. The quantitative estimate of drug-likeness (QED) is 0.601. The Hall–Kier alpha value is -1.16. The van der Waals surface area contributed by atoms with Gasteiger partial charge in [0, 0.05) is 10.5 Å². The Bertz CT molecular complexity index is 564. The topological polar surface area (TPSA) is 38.0 Å². The second-order valence-electron chi connectivity index (χ2n) is 5.89. The van der Waals surface area contributed by atoms with Crippen molar-refractivity contribution in [3.05, 3.63) is 69.7 Å². The van der Waals surface area contributed by atoms with E-state index in [9.17, 15) is 0 Å². The lowest BCUT2D eigenvalue weighted by molar-refractivity contribution is 0.550. The van der Waals surface area contributed by atoms with E-state index in [0.29, 0.717) is 5.92 Å². The molecule has 0 fully saturated rings. The number of nitrogens with one attached hydrogen (secondary N) is 1. The maximum atomic E-state index is 5.77. The van der Waals surface area contributed by atoms with E-state index in [2.05, 4.69) is 83.7 Å². The average Bonchev–Trinajstić information content (AvgIpc) is 2.46. The molecule has 0 aromatic heterocycles. The summed E-state index contributed by atoms with van der Waals surface area (Å²) in [4.78, 5) is 0. The highest BCUT2D eigenvalue weighted by molar-refractivity contribution is 9.10. The molecule has 0 radical (unpaired) electrons. The van der Waals surface area contributed by atoms with Crippen molar-refractivity contribution in [1.82, 2.24) is 5.43 Å². The van der Waals surface area contributed by atoms with Crippen LogP contribution in [0.2, 0.25) is 0 Å². The highest BCUT2D eigenvalue weighted by Crippen LogP contribution is 2.21. The smallest absolute Gasteiger partial charge is 0.0500 e. The molecule has 3 N–H and O–H groups in total. The molecule has 2 aromatic carbocycles. The third kappa shape index (κ3) is 4.95. The molecule has 0 aliphatic rings. The van der Waals surface area contributed by atoms with Crippen molar-refractivity contribution in [2.45, 2.75) is 32.7 Å². The van der Waals surface area contributed by atoms with Crippen molar-refractivity contribution in [2.75, 3.05) is 0 Å². The predicted molar refractivity (Wildman–Crippen MR) is 92.9 cm³/mol. The largest absolute Gasteiger partial charge is 0.271 e. The van der Waals surface area contributed by atoms with Crippen LogP contribution in [0.3, 0.4) is 0 Å². The lowest BCUT2D eigenvalue weighted by Gasteiger charge is -2.18. The van der Waals surface area contributed by atoms with E-state index in [0.717, 1.165) is 17.3 Å². The Morgan fingerprint density at radius 3 is 2.33 bits per heavy atom. The maximum Gasteiger partial charge on any atom is 0.0500 e. The maximum absolute atomic E-state index is 5.77. The molecule has 0 aliphatic heterocycles. The number of rotatable bonds is 6. The van der Waals surface area contributed by atoms with Crippen molar-refractivity contribution in [3.63, 3.8) is 0 Å². The van der Waals surface area contributed by atoms with E-state index in [1.807, 2.05) is 0 Å². The first kappa shape index (κ1) is 16.2. The molecular weight excluding hydrogens is 324 g/mol. The summed E-state index contributed by atoms with van der Waals surface area (Å²) < 4.78 is 1.10. The van der Waals surface area contributed by atoms with Gasteiger partial charge >= 0.3 is 0 Å². The molecule has 1 atom stereocenters. The van der Waals surface area contributed by atoms with Crippen LogP contribution < -0.4 is 11.3 Å². The number of benzene rings is 2. The second-order valence-corrected chi connectivity index (χ2v) is 6.81. The van der Waals surface area contributed by atoms with E-state index in [1.54, 1.807) is 0 Å². The summed E-state index contributed by atoms with van der Waals surface area (Å²) in [6.07, 6.45) is 1.98. The van der Waals surface area contributed by atoms with Gasteiger partial charge < -0.3 is 0 Å². The van der Waals surface area contributed by atoms with E-state index in [4.69, 9.17) is 5.84 Å². The summed E-state index contributed by atoms with van der Waals surface area (Å²) in [6, 6.07) is 17.3. The Morgan fingerprint density at radius 1 is 1.00 bits per heavy atom. The van der Waals surface area contributed by atoms with Gasteiger partial charge in [0.15, 0.2) is 0 Å².